The minimum atomic E-state index is 0.500. The van der Waals surface area contributed by atoms with Crippen molar-refractivity contribution < 1.29 is 0 Å². The lowest BCUT2D eigenvalue weighted by Gasteiger charge is -2.17. The van der Waals surface area contributed by atoms with E-state index in [2.05, 4.69) is 26.8 Å². The van der Waals surface area contributed by atoms with Crippen molar-refractivity contribution in [3.8, 4) is 0 Å². The third-order valence-corrected chi connectivity index (χ3v) is 5.50. The Morgan fingerprint density at radius 2 is 2.09 bits per heavy atom. The molecule has 120 valence electrons. The van der Waals surface area contributed by atoms with Gasteiger partial charge in [0.05, 0.1) is 0 Å². The van der Waals surface area contributed by atoms with Crippen molar-refractivity contribution in [2.45, 2.75) is 47.0 Å². The van der Waals surface area contributed by atoms with Crippen LogP contribution in [0.3, 0.4) is 0 Å². The van der Waals surface area contributed by atoms with Crippen molar-refractivity contribution in [3.05, 3.63) is 44.9 Å². The predicted octanol–water partition coefficient (Wildman–Crippen LogP) is 5.18. The SMILES string of the molecule is C/C=C(\CC(=N)/C=C\N)SC1=C(C)C(C)CCC(C)=C1C=N. The van der Waals surface area contributed by atoms with Crippen LogP contribution in [0.25, 0.3) is 0 Å². The largest absolute Gasteiger partial charge is 0.405 e. The molecule has 22 heavy (non-hydrogen) atoms. The van der Waals surface area contributed by atoms with Gasteiger partial charge in [0.15, 0.2) is 0 Å². The molecule has 0 aromatic heterocycles. The van der Waals surface area contributed by atoms with Crippen molar-refractivity contribution in [2.75, 3.05) is 0 Å². The summed E-state index contributed by atoms with van der Waals surface area (Å²) in [7, 11) is 0. The Morgan fingerprint density at radius 1 is 1.41 bits per heavy atom. The second kappa shape index (κ2) is 8.79. The van der Waals surface area contributed by atoms with Crippen LogP contribution in [0.1, 0.15) is 47.0 Å². The summed E-state index contributed by atoms with van der Waals surface area (Å²) in [6.07, 6.45) is 9.32. The van der Waals surface area contributed by atoms with Crippen LogP contribution in [0.2, 0.25) is 0 Å². The van der Waals surface area contributed by atoms with Crippen LogP contribution in [-0.4, -0.2) is 11.9 Å². The smallest absolute Gasteiger partial charge is 0.0377 e. The Morgan fingerprint density at radius 3 is 2.64 bits per heavy atom. The van der Waals surface area contributed by atoms with Gasteiger partial charge in [0, 0.05) is 28.8 Å². The third kappa shape index (κ3) is 4.73. The molecule has 4 N–H and O–H groups in total. The zero-order valence-corrected chi connectivity index (χ0v) is 14.8. The van der Waals surface area contributed by atoms with E-state index in [1.165, 1.54) is 28.5 Å². The van der Waals surface area contributed by atoms with E-state index >= 15 is 0 Å². The fourth-order valence-electron chi connectivity index (χ4n) is 2.43. The molecule has 0 spiro atoms. The second-order valence-corrected chi connectivity index (χ2v) is 6.85. The highest BCUT2D eigenvalue weighted by Gasteiger charge is 2.20. The second-order valence-electron chi connectivity index (χ2n) is 5.71. The molecule has 0 saturated carbocycles. The molecule has 0 aromatic carbocycles. The summed E-state index contributed by atoms with van der Waals surface area (Å²) in [5.74, 6) is 0.524. The minimum absolute atomic E-state index is 0.500. The molecule has 0 radical (unpaired) electrons. The average molecular weight is 318 g/mol. The van der Waals surface area contributed by atoms with Gasteiger partial charge in [-0.3, -0.25) is 0 Å². The van der Waals surface area contributed by atoms with Crippen LogP contribution in [0.15, 0.2) is 44.9 Å². The molecule has 0 saturated heterocycles. The Bertz CT molecular complexity index is 565. The maximum absolute atomic E-state index is 7.91. The van der Waals surface area contributed by atoms with Crippen LogP contribution in [0, 0.1) is 16.7 Å². The maximum Gasteiger partial charge on any atom is 0.0377 e. The summed E-state index contributed by atoms with van der Waals surface area (Å²) in [6, 6.07) is 0. The molecule has 0 bridgehead atoms. The summed E-state index contributed by atoms with van der Waals surface area (Å²) in [5, 5.41) is 15.7. The summed E-state index contributed by atoms with van der Waals surface area (Å²) in [6.45, 7) is 8.55. The van der Waals surface area contributed by atoms with Crippen molar-refractivity contribution in [1.82, 2.24) is 0 Å². The van der Waals surface area contributed by atoms with Gasteiger partial charge in [-0.05, 0) is 56.7 Å². The van der Waals surface area contributed by atoms with Crippen molar-refractivity contribution in [2.24, 2.45) is 11.7 Å². The minimum Gasteiger partial charge on any atom is -0.405 e. The van der Waals surface area contributed by atoms with E-state index in [0.717, 1.165) is 23.3 Å². The molecule has 1 aliphatic carbocycles. The Labute approximate surface area is 138 Å². The average Bonchev–Trinajstić information content (AvgIpc) is 2.59. The van der Waals surface area contributed by atoms with Crippen LogP contribution < -0.4 is 5.73 Å². The molecule has 1 rings (SSSR count). The first-order valence-corrected chi connectivity index (χ1v) is 8.46. The predicted molar refractivity (Wildman–Crippen MR) is 99.6 cm³/mol. The molecule has 1 atom stereocenters. The van der Waals surface area contributed by atoms with Gasteiger partial charge in [-0.25, -0.2) is 0 Å². The van der Waals surface area contributed by atoms with Gasteiger partial charge in [-0.2, -0.15) is 0 Å². The number of allylic oxidation sites excluding steroid dienone is 6. The normalized spacial score (nSPS) is 20.5. The number of thioether (sulfide) groups is 1. The maximum atomic E-state index is 7.91. The van der Waals surface area contributed by atoms with E-state index in [-0.39, 0.29) is 0 Å². The molecule has 0 fully saturated rings. The van der Waals surface area contributed by atoms with Crippen LogP contribution in [0.5, 0.6) is 0 Å². The molecule has 4 heteroatoms. The number of nitrogens with one attached hydrogen (secondary N) is 2. The van der Waals surface area contributed by atoms with Gasteiger partial charge < -0.3 is 16.6 Å². The van der Waals surface area contributed by atoms with Gasteiger partial charge in [0.1, 0.15) is 0 Å². The summed E-state index contributed by atoms with van der Waals surface area (Å²) >= 11 is 1.70. The molecule has 1 aliphatic rings. The van der Waals surface area contributed by atoms with Gasteiger partial charge >= 0.3 is 0 Å². The molecule has 0 heterocycles. The highest BCUT2D eigenvalue weighted by atomic mass is 32.2. The Kier molecular flexibility index (Phi) is 7.39. The summed E-state index contributed by atoms with van der Waals surface area (Å²) in [4.78, 5) is 2.31. The van der Waals surface area contributed by atoms with E-state index in [1.54, 1.807) is 17.8 Å². The lowest BCUT2D eigenvalue weighted by atomic mass is 9.98. The van der Waals surface area contributed by atoms with E-state index in [9.17, 15) is 0 Å². The van der Waals surface area contributed by atoms with Gasteiger partial charge in [0.25, 0.3) is 0 Å². The molecule has 3 nitrogen and oxygen atoms in total. The molecular formula is C18H27N3S. The van der Waals surface area contributed by atoms with Gasteiger partial charge in [-0.1, -0.05) is 35.9 Å². The molecule has 0 amide bonds. The lowest BCUT2D eigenvalue weighted by Crippen LogP contribution is -2.00. The van der Waals surface area contributed by atoms with Crippen LogP contribution >= 0.6 is 11.8 Å². The van der Waals surface area contributed by atoms with E-state index in [1.807, 2.05) is 6.92 Å². The first kappa shape index (κ1) is 18.5. The van der Waals surface area contributed by atoms with Crippen LogP contribution in [0.4, 0.5) is 0 Å². The Balaban J connectivity index is 3.13. The summed E-state index contributed by atoms with van der Waals surface area (Å²) in [5.41, 5.74) is 9.54. The third-order valence-electron chi connectivity index (χ3n) is 4.12. The van der Waals surface area contributed by atoms with E-state index in [0.29, 0.717) is 18.1 Å². The zero-order valence-electron chi connectivity index (χ0n) is 14.0. The van der Waals surface area contributed by atoms with Crippen molar-refractivity contribution in [3.63, 3.8) is 0 Å². The summed E-state index contributed by atoms with van der Waals surface area (Å²) < 4.78 is 0. The zero-order chi connectivity index (χ0) is 16.7. The Hall–Kier alpha value is -1.55. The van der Waals surface area contributed by atoms with E-state index in [4.69, 9.17) is 16.6 Å². The van der Waals surface area contributed by atoms with Crippen LogP contribution in [-0.2, 0) is 0 Å². The number of hydrogen-bond acceptors (Lipinski definition) is 4. The topological polar surface area (TPSA) is 73.7 Å². The van der Waals surface area contributed by atoms with E-state index < -0.39 is 0 Å². The van der Waals surface area contributed by atoms with Crippen molar-refractivity contribution >= 4 is 23.7 Å². The number of rotatable bonds is 6. The van der Waals surface area contributed by atoms with Crippen molar-refractivity contribution in [1.29, 1.82) is 10.8 Å². The first-order chi connectivity index (χ1) is 10.4. The fraction of sp³-hybridized carbons (Fsp3) is 0.444. The highest BCUT2D eigenvalue weighted by molar-refractivity contribution is 8.07. The van der Waals surface area contributed by atoms with Gasteiger partial charge in [0.2, 0.25) is 0 Å². The molecule has 0 aromatic rings. The number of hydrogen-bond donors (Lipinski definition) is 3. The quantitative estimate of drug-likeness (QED) is 0.591. The molecule has 0 aliphatic heterocycles. The monoisotopic (exact) mass is 317 g/mol. The standard InChI is InChI=1S/C18H27N3S/c1-5-16(10-15(21)8-9-19)22-18-14(4)12(2)6-7-13(3)17(18)11-20/h5,8-9,11-12,20-21H,6-7,10,19H2,1-4H3/b9-8-,16-5+,20-11?,21-15?. The van der Waals surface area contributed by atoms with Gasteiger partial charge in [-0.15, -0.1) is 0 Å². The highest BCUT2D eigenvalue weighted by Crippen LogP contribution is 2.41. The first-order valence-electron chi connectivity index (χ1n) is 7.64. The molecule has 1 unspecified atom stereocenters. The molecular weight excluding hydrogens is 290 g/mol. The lowest BCUT2D eigenvalue weighted by molar-refractivity contribution is 0.616. The fourth-order valence-corrected chi connectivity index (χ4v) is 3.74. The number of nitrogens with two attached hydrogens (primary N) is 1.